The summed E-state index contributed by atoms with van der Waals surface area (Å²) in [5, 5.41) is 3.07. The molecule has 0 amide bonds. The first-order valence-corrected chi connectivity index (χ1v) is 8.68. The van der Waals surface area contributed by atoms with Crippen molar-refractivity contribution in [1.82, 2.24) is 5.32 Å². The van der Waals surface area contributed by atoms with Crippen molar-refractivity contribution >= 4 is 15.8 Å². The number of sulfone groups is 1. The van der Waals surface area contributed by atoms with Crippen molar-refractivity contribution in [2.75, 3.05) is 12.3 Å². The minimum absolute atomic E-state index is 0.0906. The van der Waals surface area contributed by atoms with E-state index in [9.17, 15) is 8.42 Å². The fraction of sp³-hybridized carbons (Fsp3) is 0.500. The van der Waals surface area contributed by atoms with E-state index in [0.717, 1.165) is 18.4 Å². The van der Waals surface area contributed by atoms with Crippen LogP contribution in [0.5, 0.6) is 0 Å². The van der Waals surface area contributed by atoms with Crippen LogP contribution in [-0.4, -0.2) is 32.7 Å². The van der Waals surface area contributed by atoms with Crippen molar-refractivity contribution in [3.63, 3.8) is 0 Å². The first kappa shape index (κ1) is 14.8. The molecular weight excluding hydrogens is 274 g/mol. The summed E-state index contributed by atoms with van der Waals surface area (Å²) in [5.74, 6) is 0.656. The summed E-state index contributed by atoms with van der Waals surface area (Å²) in [6.45, 7) is 0.444. The Morgan fingerprint density at radius 3 is 2.65 bits per heavy atom. The highest BCUT2D eigenvalue weighted by atomic mass is 32.2. The van der Waals surface area contributed by atoms with Gasteiger partial charge < -0.3 is 11.1 Å². The van der Waals surface area contributed by atoms with E-state index >= 15 is 0 Å². The lowest BCUT2D eigenvalue weighted by Gasteiger charge is -2.05. The Labute approximate surface area is 120 Å². The summed E-state index contributed by atoms with van der Waals surface area (Å²) in [4.78, 5) is 4.13. The number of aliphatic imine (C=N–C) groups is 1. The third-order valence-corrected chi connectivity index (χ3v) is 4.74. The van der Waals surface area contributed by atoms with Crippen LogP contribution in [0.25, 0.3) is 0 Å². The summed E-state index contributed by atoms with van der Waals surface area (Å²) >= 11 is 0. The monoisotopic (exact) mass is 295 g/mol. The quantitative estimate of drug-likeness (QED) is 0.447. The van der Waals surface area contributed by atoms with Crippen molar-refractivity contribution in [2.45, 2.75) is 31.1 Å². The molecule has 2 rings (SSSR count). The lowest BCUT2D eigenvalue weighted by Crippen LogP contribution is -2.33. The first-order chi connectivity index (χ1) is 9.55. The summed E-state index contributed by atoms with van der Waals surface area (Å²) < 4.78 is 23.9. The van der Waals surface area contributed by atoms with E-state index in [1.54, 1.807) is 0 Å². The number of nitrogens with zero attached hydrogens (tertiary/aromatic N) is 1. The standard InChI is InChI=1S/C14H21N3O2S/c15-14(17-13-7-8-13)16-9-4-10-20(18,19)11-12-5-2-1-3-6-12/h1-3,5-6,13H,4,7-11H2,(H3,15,16,17). The lowest BCUT2D eigenvalue weighted by molar-refractivity contribution is 0.593. The van der Waals surface area contributed by atoms with Crippen molar-refractivity contribution in [3.8, 4) is 0 Å². The van der Waals surface area contributed by atoms with Gasteiger partial charge in [0, 0.05) is 12.6 Å². The zero-order valence-electron chi connectivity index (χ0n) is 11.5. The summed E-state index contributed by atoms with van der Waals surface area (Å²) in [6.07, 6.45) is 2.78. The third kappa shape index (κ3) is 5.61. The Kier molecular flexibility index (Phi) is 5.00. The Morgan fingerprint density at radius 2 is 2.00 bits per heavy atom. The minimum atomic E-state index is -3.07. The molecule has 1 aromatic rings. The molecular formula is C14H21N3O2S. The molecule has 3 N–H and O–H groups in total. The molecule has 110 valence electrons. The highest BCUT2D eigenvalue weighted by Gasteiger charge is 2.21. The SMILES string of the molecule is NC(=NCCCS(=O)(=O)Cc1ccccc1)NC1CC1. The molecule has 1 aliphatic carbocycles. The average molecular weight is 295 g/mol. The maximum Gasteiger partial charge on any atom is 0.188 e. The second-order valence-electron chi connectivity index (χ2n) is 5.12. The van der Waals surface area contributed by atoms with Gasteiger partial charge in [0.25, 0.3) is 0 Å². The van der Waals surface area contributed by atoms with Crippen molar-refractivity contribution in [1.29, 1.82) is 0 Å². The Balaban J connectivity index is 1.72. The van der Waals surface area contributed by atoms with Crippen LogP contribution in [-0.2, 0) is 15.6 Å². The number of guanidine groups is 1. The Bertz CT molecular complexity index is 551. The molecule has 0 atom stereocenters. The zero-order chi connectivity index (χ0) is 14.4. The number of hydrogen-bond donors (Lipinski definition) is 2. The average Bonchev–Trinajstić information content (AvgIpc) is 3.19. The molecule has 0 spiro atoms. The van der Waals surface area contributed by atoms with Crippen LogP contribution < -0.4 is 11.1 Å². The Morgan fingerprint density at radius 1 is 1.30 bits per heavy atom. The molecule has 0 aliphatic heterocycles. The van der Waals surface area contributed by atoms with Crippen LogP contribution in [0.4, 0.5) is 0 Å². The number of rotatable bonds is 7. The molecule has 1 fully saturated rings. The minimum Gasteiger partial charge on any atom is -0.370 e. The molecule has 6 heteroatoms. The summed E-state index contributed by atoms with van der Waals surface area (Å²) in [7, 11) is -3.07. The molecule has 0 aromatic heterocycles. The number of nitrogens with two attached hydrogens (primary N) is 1. The number of benzene rings is 1. The van der Waals surface area contributed by atoms with Gasteiger partial charge in [0.05, 0.1) is 11.5 Å². The smallest absolute Gasteiger partial charge is 0.188 e. The third-order valence-electron chi connectivity index (χ3n) is 3.05. The Hall–Kier alpha value is -1.56. The van der Waals surface area contributed by atoms with Gasteiger partial charge in [-0.2, -0.15) is 0 Å². The van der Waals surface area contributed by atoms with Crippen LogP contribution in [0.1, 0.15) is 24.8 Å². The molecule has 0 saturated heterocycles. The van der Waals surface area contributed by atoms with Crippen LogP contribution in [0, 0.1) is 0 Å². The number of hydrogen-bond acceptors (Lipinski definition) is 3. The zero-order valence-corrected chi connectivity index (χ0v) is 12.3. The van der Waals surface area contributed by atoms with Gasteiger partial charge in [-0.15, -0.1) is 0 Å². The van der Waals surface area contributed by atoms with E-state index in [0.29, 0.717) is 25.0 Å². The van der Waals surface area contributed by atoms with Crippen LogP contribution in [0.3, 0.4) is 0 Å². The van der Waals surface area contributed by atoms with Crippen LogP contribution >= 0.6 is 0 Å². The molecule has 20 heavy (non-hydrogen) atoms. The highest BCUT2D eigenvalue weighted by molar-refractivity contribution is 7.90. The summed E-state index contributed by atoms with van der Waals surface area (Å²) in [6, 6.07) is 9.69. The van der Waals surface area contributed by atoms with Gasteiger partial charge in [-0.25, -0.2) is 8.42 Å². The van der Waals surface area contributed by atoms with Gasteiger partial charge >= 0.3 is 0 Å². The van der Waals surface area contributed by atoms with Gasteiger partial charge in [0.2, 0.25) is 0 Å². The van der Waals surface area contributed by atoms with Gasteiger partial charge in [-0.3, -0.25) is 4.99 Å². The second-order valence-corrected chi connectivity index (χ2v) is 7.30. The van der Waals surface area contributed by atoms with Gasteiger partial charge in [0.1, 0.15) is 0 Å². The van der Waals surface area contributed by atoms with E-state index in [4.69, 9.17) is 5.73 Å². The second kappa shape index (κ2) is 6.74. The van der Waals surface area contributed by atoms with E-state index in [1.165, 1.54) is 0 Å². The van der Waals surface area contributed by atoms with Crippen molar-refractivity contribution in [3.05, 3.63) is 35.9 Å². The van der Waals surface area contributed by atoms with Crippen LogP contribution in [0.2, 0.25) is 0 Å². The van der Waals surface area contributed by atoms with Gasteiger partial charge in [0.15, 0.2) is 15.8 Å². The molecule has 1 aliphatic rings. The van der Waals surface area contributed by atoms with E-state index in [-0.39, 0.29) is 11.5 Å². The van der Waals surface area contributed by atoms with Gasteiger partial charge in [-0.1, -0.05) is 30.3 Å². The maximum absolute atomic E-state index is 11.9. The fourth-order valence-corrected chi connectivity index (χ4v) is 3.28. The normalized spacial score (nSPS) is 16.1. The molecule has 1 aromatic carbocycles. The lowest BCUT2D eigenvalue weighted by atomic mass is 10.2. The molecule has 0 unspecified atom stereocenters. The fourth-order valence-electron chi connectivity index (χ4n) is 1.87. The van der Waals surface area contributed by atoms with Gasteiger partial charge in [-0.05, 0) is 24.8 Å². The number of nitrogens with one attached hydrogen (secondary N) is 1. The van der Waals surface area contributed by atoms with Crippen molar-refractivity contribution in [2.24, 2.45) is 10.7 Å². The van der Waals surface area contributed by atoms with E-state index in [1.807, 2.05) is 30.3 Å². The van der Waals surface area contributed by atoms with Crippen LogP contribution in [0.15, 0.2) is 35.3 Å². The predicted octanol–water partition coefficient (Wildman–Crippen LogP) is 1.06. The molecule has 0 bridgehead atoms. The molecule has 1 saturated carbocycles. The maximum atomic E-state index is 11.9. The molecule has 0 radical (unpaired) electrons. The van der Waals surface area contributed by atoms with Crippen molar-refractivity contribution < 1.29 is 8.42 Å². The van der Waals surface area contributed by atoms with E-state index < -0.39 is 9.84 Å². The molecule has 5 nitrogen and oxygen atoms in total. The van der Waals surface area contributed by atoms with E-state index in [2.05, 4.69) is 10.3 Å². The highest BCUT2D eigenvalue weighted by Crippen LogP contribution is 2.17. The predicted molar refractivity (Wildman–Crippen MR) is 81.2 cm³/mol. The molecule has 0 heterocycles. The first-order valence-electron chi connectivity index (χ1n) is 6.86. The largest absolute Gasteiger partial charge is 0.370 e. The topological polar surface area (TPSA) is 84.5 Å². The summed E-state index contributed by atoms with van der Waals surface area (Å²) in [5.41, 5.74) is 6.50.